The Hall–Kier alpha value is -3.61. The average molecular weight is 353 g/mol. The van der Waals surface area contributed by atoms with Crippen LogP contribution in [0.15, 0.2) is 59.0 Å². The minimum Gasteiger partial charge on any atom is -0.497 e. The molecular formula is C19H15NO6. The van der Waals surface area contributed by atoms with Gasteiger partial charge in [-0.3, -0.25) is 14.9 Å². The van der Waals surface area contributed by atoms with Crippen molar-refractivity contribution in [2.45, 2.75) is 0 Å². The molecule has 0 bridgehead atoms. The summed E-state index contributed by atoms with van der Waals surface area (Å²) in [6, 6.07) is 14.8. The average Bonchev–Trinajstić information content (AvgIpc) is 3.10. The van der Waals surface area contributed by atoms with E-state index in [-0.39, 0.29) is 11.3 Å². The maximum Gasteiger partial charge on any atom is 0.374 e. The van der Waals surface area contributed by atoms with Crippen LogP contribution in [0, 0.1) is 0 Å². The van der Waals surface area contributed by atoms with Gasteiger partial charge < -0.3 is 13.9 Å². The smallest absolute Gasteiger partial charge is 0.374 e. The van der Waals surface area contributed by atoms with E-state index in [1.807, 2.05) is 6.07 Å². The summed E-state index contributed by atoms with van der Waals surface area (Å²) in [4.78, 5) is 35.7. The van der Waals surface area contributed by atoms with Crippen molar-refractivity contribution in [2.75, 3.05) is 13.7 Å². The summed E-state index contributed by atoms with van der Waals surface area (Å²) in [6.07, 6.45) is 0. The minimum absolute atomic E-state index is 0.0134. The predicted octanol–water partition coefficient (Wildman–Crippen LogP) is 2.55. The second kappa shape index (κ2) is 7.52. The maximum absolute atomic E-state index is 12.0. The summed E-state index contributed by atoms with van der Waals surface area (Å²) in [7, 11) is 1.51. The number of furan rings is 1. The lowest BCUT2D eigenvalue weighted by Crippen LogP contribution is -2.34. The monoisotopic (exact) mass is 353 g/mol. The number of hydrogen-bond donors (Lipinski definition) is 1. The van der Waals surface area contributed by atoms with Gasteiger partial charge in [0.2, 0.25) is 5.76 Å². The summed E-state index contributed by atoms with van der Waals surface area (Å²) in [5, 5.41) is 2.89. The van der Waals surface area contributed by atoms with Gasteiger partial charge in [0, 0.05) is 10.9 Å². The first kappa shape index (κ1) is 17.2. The van der Waals surface area contributed by atoms with E-state index in [0.717, 1.165) is 5.39 Å². The SMILES string of the molecule is COc1ccc(C(=O)NC(=O)COC(=O)c2cc3ccccc3o2)cc1. The van der Waals surface area contributed by atoms with E-state index < -0.39 is 24.4 Å². The molecule has 2 amide bonds. The molecule has 3 rings (SSSR count). The number of esters is 1. The van der Waals surface area contributed by atoms with Crippen molar-refractivity contribution in [3.05, 3.63) is 65.9 Å². The number of ether oxygens (including phenoxy) is 2. The molecular weight excluding hydrogens is 338 g/mol. The second-order valence-electron chi connectivity index (χ2n) is 5.33. The maximum atomic E-state index is 12.0. The van der Waals surface area contributed by atoms with Gasteiger partial charge >= 0.3 is 5.97 Å². The fourth-order valence-electron chi connectivity index (χ4n) is 2.26. The molecule has 26 heavy (non-hydrogen) atoms. The van der Waals surface area contributed by atoms with Crippen molar-refractivity contribution in [3.63, 3.8) is 0 Å². The predicted molar refractivity (Wildman–Crippen MR) is 92.0 cm³/mol. The first-order valence-corrected chi connectivity index (χ1v) is 7.71. The van der Waals surface area contributed by atoms with E-state index in [0.29, 0.717) is 11.3 Å². The lowest BCUT2D eigenvalue weighted by Gasteiger charge is -2.05. The summed E-state index contributed by atoms with van der Waals surface area (Å²) < 4.78 is 15.2. The van der Waals surface area contributed by atoms with Gasteiger partial charge in [-0.15, -0.1) is 0 Å². The van der Waals surface area contributed by atoms with Gasteiger partial charge in [-0.2, -0.15) is 0 Å². The number of methoxy groups -OCH3 is 1. The molecule has 0 saturated carbocycles. The molecule has 1 aromatic heterocycles. The summed E-state index contributed by atoms with van der Waals surface area (Å²) in [5.41, 5.74) is 0.821. The Kier molecular flexibility index (Phi) is 4.98. The molecule has 2 aromatic carbocycles. The molecule has 0 spiro atoms. The Labute approximate surface area is 148 Å². The first-order valence-electron chi connectivity index (χ1n) is 7.71. The molecule has 0 unspecified atom stereocenters. The molecule has 3 aromatic rings. The lowest BCUT2D eigenvalue weighted by atomic mass is 10.2. The van der Waals surface area contributed by atoms with Crippen LogP contribution < -0.4 is 10.1 Å². The van der Waals surface area contributed by atoms with Crippen LogP contribution in [0.5, 0.6) is 5.75 Å². The third-order valence-electron chi connectivity index (χ3n) is 3.57. The number of hydrogen-bond acceptors (Lipinski definition) is 6. The number of carbonyl (C=O) groups excluding carboxylic acids is 3. The molecule has 0 aliphatic carbocycles. The lowest BCUT2D eigenvalue weighted by molar-refractivity contribution is -0.123. The molecule has 1 N–H and O–H groups in total. The van der Waals surface area contributed by atoms with Crippen LogP contribution in [-0.2, 0) is 9.53 Å². The van der Waals surface area contributed by atoms with Crippen molar-refractivity contribution >= 4 is 28.8 Å². The van der Waals surface area contributed by atoms with E-state index in [9.17, 15) is 14.4 Å². The number of amides is 2. The van der Waals surface area contributed by atoms with Crippen LogP contribution in [0.2, 0.25) is 0 Å². The van der Waals surface area contributed by atoms with Crippen molar-refractivity contribution in [2.24, 2.45) is 0 Å². The highest BCUT2D eigenvalue weighted by Gasteiger charge is 2.17. The zero-order valence-corrected chi connectivity index (χ0v) is 13.9. The summed E-state index contributed by atoms with van der Waals surface area (Å²) >= 11 is 0. The van der Waals surface area contributed by atoms with Crippen LogP contribution in [0.4, 0.5) is 0 Å². The Balaban J connectivity index is 1.54. The van der Waals surface area contributed by atoms with Crippen molar-refractivity contribution in [1.82, 2.24) is 5.32 Å². The molecule has 1 heterocycles. The molecule has 0 aliphatic heterocycles. The van der Waals surface area contributed by atoms with Crippen LogP contribution in [-0.4, -0.2) is 31.5 Å². The van der Waals surface area contributed by atoms with Gasteiger partial charge in [-0.25, -0.2) is 4.79 Å². The highest BCUT2D eigenvalue weighted by atomic mass is 16.5. The molecule has 0 fully saturated rings. The topological polar surface area (TPSA) is 94.8 Å². The third-order valence-corrected chi connectivity index (χ3v) is 3.57. The fraction of sp³-hybridized carbons (Fsp3) is 0.105. The van der Waals surface area contributed by atoms with Gasteiger partial charge in [0.05, 0.1) is 7.11 Å². The van der Waals surface area contributed by atoms with Gasteiger partial charge in [0.1, 0.15) is 11.3 Å². The fourth-order valence-corrected chi connectivity index (χ4v) is 2.26. The zero-order valence-electron chi connectivity index (χ0n) is 13.9. The molecule has 7 heteroatoms. The molecule has 0 radical (unpaired) electrons. The Morgan fingerprint density at radius 3 is 2.46 bits per heavy atom. The second-order valence-corrected chi connectivity index (χ2v) is 5.33. The molecule has 132 valence electrons. The molecule has 0 atom stereocenters. The largest absolute Gasteiger partial charge is 0.497 e. The van der Waals surface area contributed by atoms with Crippen LogP contribution in [0.1, 0.15) is 20.9 Å². The zero-order chi connectivity index (χ0) is 18.5. The standard InChI is InChI=1S/C19H15NO6/c1-24-14-8-6-12(7-9-14)18(22)20-17(21)11-25-19(23)16-10-13-4-2-3-5-15(13)26-16/h2-10H,11H2,1H3,(H,20,21,22). The number of benzene rings is 2. The molecule has 0 saturated heterocycles. The number of fused-ring (bicyclic) bond motifs is 1. The number of rotatable bonds is 5. The quantitative estimate of drug-likeness (QED) is 0.709. The highest BCUT2D eigenvalue weighted by molar-refractivity contribution is 6.05. The minimum atomic E-state index is -0.784. The van der Waals surface area contributed by atoms with Crippen molar-refractivity contribution < 1.29 is 28.3 Å². The van der Waals surface area contributed by atoms with E-state index in [1.165, 1.54) is 25.3 Å². The van der Waals surface area contributed by atoms with Gasteiger partial charge in [-0.05, 0) is 36.4 Å². The normalized spacial score (nSPS) is 10.3. The van der Waals surface area contributed by atoms with Crippen LogP contribution in [0.25, 0.3) is 11.0 Å². The molecule has 0 aliphatic rings. The summed E-state index contributed by atoms with van der Waals surface area (Å²) in [5.74, 6) is -1.55. The van der Waals surface area contributed by atoms with Gasteiger partial charge in [0.15, 0.2) is 6.61 Å². The van der Waals surface area contributed by atoms with Crippen molar-refractivity contribution in [1.29, 1.82) is 0 Å². The third kappa shape index (κ3) is 3.89. The highest BCUT2D eigenvalue weighted by Crippen LogP contribution is 2.19. The number of nitrogens with one attached hydrogen (secondary N) is 1. The van der Waals surface area contributed by atoms with Gasteiger partial charge in [0.25, 0.3) is 11.8 Å². The van der Waals surface area contributed by atoms with Crippen molar-refractivity contribution in [3.8, 4) is 5.75 Å². The summed E-state index contributed by atoms with van der Waals surface area (Å²) in [6.45, 7) is -0.599. The van der Waals surface area contributed by atoms with E-state index in [4.69, 9.17) is 13.9 Å². The molecule has 7 nitrogen and oxygen atoms in total. The van der Waals surface area contributed by atoms with E-state index >= 15 is 0 Å². The van der Waals surface area contributed by atoms with Crippen LogP contribution >= 0.6 is 0 Å². The first-order chi connectivity index (χ1) is 12.6. The number of imide groups is 1. The Morgan fingerprint density at radius 1 is 1.04 bits per heavy atom. The number of carbonyl (C=O) groups is 3. The Bertz CT molecular complexity index is 925. The van der Waals surface area contributed by atoms with Gasteiger partial charge in [-0.1, -0.05) is 18.2 Å². The van der Waals surface area contributed by atoms with Crippen LogP contribution in [0.3, 0.4) is 0 Å². The van der Waals surface area contributed by atoms with E-state index in [2.05, 4.69) is 5.32 Å². The van der Waals surface area contributed by atoms with E-state index in [1.54, 1.807) is 30.3 Å². The number of para-hydroxylation sites is 1. The Morgan fingerprint density at radius 2 is 1.77 bits per heavy atom.